The van der Waals surface area contributed by atoms with Crippen molar-refractivity contribution < 1.29 is 23.5 Å². The Morgan fingerprint density at radius 1 is 1.17 bits per heavy atom. The molecule has 2 aliphatic heterocycles. The van der Waals surface area contributed by atoms with Gasteiger partial charge in [-0.3, -0.25) is 9.59 Å². The number of ether oxygens (including phenoxy) is 2. The zero-order valence-corrected chi connectivity index (χ0v) is 16.3. The van der Waals surface area contributed by atoms with Crippen LogP contribution < -0.4 is 14.4 Å². The van der Waals surface area contributed by atoms with Gasteiger partial charge in [-0.1, -0.05) is 24.3 Å². The number of anilines is 1. The molecule has 1 atom stereocenters. The number of para-hydroxylation sites is 2. The van der Waals surface area contributed by atoms with Gasteiger partial charge in [-0.25, -0.2) is 4.39 Å². The van der Waals surface area contributed by atoms with Gasteiger partial charge in [-0.2, -0.15) is 0 Å². The fourth-order valence-corrected chi connectivity index (χ4v) is 3.84. The van der Waals surface area contributed by atoms with E-state index in [4.69, 9.17) is 9.47 Å². The first-order chi connectivity index (χ1) is 14.1. The van der Waals surface area contributed by atoms with Crippen LogP contribution in [0.15, 0.2) is 42.5 Å². The number of amides is 2. The summed E-state index contributed by atoms with van der Waals surface area (Å²) < 4.78 is 25.5. The number of hydrogen-bond donors (Lipinski definition) is 0. The van der Waals surface area contributed by atoms with Crippen LogP contribution in [0.5, 0.6) is 11.5 Å². The van der Waals surface area contributed by atoms with Crippen LogP contribution in [0.4, 0.5) is 10.1 Å². The van der Waals surface area contributed by atoms with E-state index in [0.717, 1.165) is 5.56 Å². The molecule has 2 aromatic carbocycles. The third-order valence-electron chi connectivity index (χ3n) is 5.32. The van der Waals surface area contributed by atoms with Crippen molar-refractivity contribution in [3.63, 3.8) is 0 Å². The number of halogens is 1. The zero-order valence-electron chi connectivity index (χ0n) is 16.3. The van der Waals surface area contributed by atoms with Gasteiger partial charge in [0.1, 0.15) is 19.0 Å². The molecule has 4 rings (SSSR count). The van der Waals surface area contributed by atoms with Gasteiger partial charge in [0.05, 0.1) is 11.6 Å². The summed E-state index contributed by atoms with van der Waals surface area (Å²) in [6, 6.07) is 11.8. The van der Waals surface area contributed by atoms with Crippen molar-refractivity contribution in [3.8, 4) is 11.5 Å². The fourth-order valence-electron chi connectivity index (χ4n) is 3.84. The summed E-state index contributed by atoms with van der Waals surface area (Å²) in [7, 11) is 0. The third kappa shape index (κ3) is 3.77. The van der Waals surface area contributed by atoms with Crippen molar-refractivity contribution in [1.29, 1.82) is 0 Å². The second kappa shape index (κ2) is 8.11. The fraction of sp³-hybridized carbons (Fsp3) is 0.364. The van der Waals surface area contributed by atoms with Gasteiger partial charge < -0.3 is 19.3 Å². The molecule has 1 fully saturated rings. The number of hydrogen-bond acceptors (Lipinski definition) is 4. The number of rotatable bonds is 5. The molecule has 7 heteroatoms. The highest BCUT2D eigenvalue weighted by Crippen LogP contribution is 2.35. The lowest BCUT2D eigenvalue weighted by molar-refractivity contribution is -0.136. The van der Waals surface area contributed by atoms with Crippen LogP contribution in [0.1, 0.15) is 18.9 Å². The number of nitrogens with zero attached hydrogens (tertiary/aromatic N) is 2. The Balaban J connectivity index is 1.50. The van der Waals surface area contributed by atoms with E-state index in [1.165, 1.54) is 11.0 Å². The van der Waals surface area contributed by atoms with Crippen LogP contribution in [0.25, 0.3) is 0 Å². The van der Waals surface area contributed by atoms with Crippen molar-refractivity contribution in [2.45, 2.75) is 19.9 Å². The highest BCUT2D eigenvalue weighted by Gasteiger charge is 2.38. The normalized spacial score (nSPS) is 18.1. The van der Waals surface area contributed by atoms with E-state index in [1.54, 1.807) is 23.1 Å². The van der Waals surface area contributed by atoms with Gasteiger partial charge in [-0.05, 0) is 25.1 Å². The smallest absolute Gasteiger partial charge is 0.228 e. The SMILES string of the molecule is CCN(Cc1cccc2c1OCCO2)C(=O)C1CC(=O)N(c2ccccc2F)C1. The molecular weight excluding hydrogens is 375 g/mol. The zero-order chi connectivity index (χ0) is 20.4. The average Bonchev–Trinajstić information content (AvgIpc) is 3.13. The summed E-state index contributed by atoms with van der Waals surface area (Å²) >= 11 is 0. The molecule has 0 radical (unpaired) electrons. The van der Waals surface area contributed by atoms with E-state index in [1.807, 2.05) is 25.1 Å². The van der Waals surface area contributed by atoms with Crippen molar-refractivity contribution >= 4 is 17.5 Å². The highest BCUT2D eigenvalue weighted by molar-refractivity contribution is 6.00. The molecule has 2 heterocycles. The lowest BCUT2D eigenvalue weighted by Gasteiger charge is -2.27. The van der Waals surface area contributed by atoms with E-state index < -0.39 is 11.7 Å². The average molecular weight is 398 g/mol. The molecular formula is C22H23FN2O4. The van der Waals surface area contributed by atoms with Crippen molar-refractivity contribution in [2.24, 2.45) is 5.92 Å². The molecule has 2 aromatic rings. The Labute approximate surface area is 168 Å². The maximum atomic E-state index is 14.1. The molecule has 6 nitrogen and oxygen atoms in total. The van der Waals surface area contributed by atoms with E-state index in [9.17, 15) is 14.0 Å². The summed E-state index contributed by atoms with van der Waals surface area (Å²) in [5, 5.41) is 0. The molecule has 0 saturated carbocycles. The molecule has 0 spiro atoms. The molecule has 0 aromatic heterocycles. The van der Waals surface area contributed by atoms with E-state index >= 15 is 0 Å². The minimum absolute atomic E-state index is 0.0795. The Morgan fingerprint density at radius 2 is 1.97 bits per heavy atom. The quantitative estimate of drug-likeness (QED) is 0.777. The Kier molecular flexibility index (Phi) is 5.38. The maximum Gasteiger partial charge on any atom is 0.228 e. The van der Waals surface area contributed by atoms with E-state index in [0.29, 0.717) is 37.8 Å². The summed E-state index contributed by atoms with van der Waals surface area (Å²) in [5.74, 6) is 0.0278. The molecule has 0 N–H and O–H groups in total. The van der Waals surface area contributed by atoms with Gasteiger partial charge in [0.15, 0.2) is 11.5 Å². The lowest BCUT2D eigenvalue weighted by Crippen LogP contribution is -2.37. The largest absolute Gasteiger partial charge is 0.486 e. The molecule has 1 unspecified atom stereocenters. The van der Waals surface area contributed by atoms with Crippen molar-refractivity contribution in [3.05, 3.63) is 53.8 Å². The van der Waals surface area contributed by atoms with Gasteiger partial charge in [0.25, 0.3) is 0 Å². The Hall–Kier alpha value is -3.09. The molecule has 2 amide bonds. The van der Waals surface area contributed by atoms with E-state index in [-0.39, 0.29) is 30.5 Å². The third-order valence-corrected chi connectivity index (χ3v) is 5.32. The van der Waals surface area contributed by atoms with Crippen LogP contribution in [0, 0.1) is 11.7 Å². The molecule has 29 heavy (non-hydrogen) atoms. The lowest BCUT2D eigenvalue weighted by atomic mass is 10.1. The summed E-state index contributed by atoms with van der Waals surface area (Å²) in [6.07, 6.45) is 0.0795. The van der Waals surface area contributed by atoms with Crippen molar-refractivity contribution in [2.75, 3.05) is 31.2 Å². The van der Waals surface area contributed by atoms with Crippen LogP contribution in [-0.2, 0) is 16.1 Å². The molecule has 2 aliphatic rings. The minimum Gasteiger partial charge on any atom is -0.486 e. The molecule has 0 aliphatic carbocycles. The Bertz CT molecular complexity index is 933. The van der Waals surface area contributed by atoms with E-state index in [2.05, 4.69) is 0 Å². The van der Waals surface area contributed by atoms with Crippen LogP contribution in [0.3, 0.4) is 0 Å². The van der Waals surface area contributed by atoms with Crippen LogP contribution >= 0.6 is 0 Å². The number of carbonyl (C=O) groups excluding carboxylic acids is 2. The first-order valence-electron chi connectivity index (χ1n) is 9.79. The number of benzene rings is 2. The monoisotopic (exact) mass is 398 g/mol. The maximum absolute atomic E-state index is 14.1. The number of fused-ring (bicyclic) bond motifs is 1. The highest BCUT2D eigenvalue weighted by atomic mass is 19.1. The van der Waals surface area contributed by atoms with Crippen LogP contribution in [0.2, 0.25) is 0 Å². The minimum atomic E-state index is -0.501. The van der Waals surface area contributed by atoms with Crippen LogP contribution in [-0.4, -0.2) is 43.0 Å². The molecule has 1 saturated heterocycles. The van der Waals surface area contributed by atoms with Crippen molar-refractivity contribution in [1.82, 2.24) is 4.90 Å². The summed E-state index contributed by atoms with van der Waals surface area (Å²) in [5.41, 5.74) is 1.09. The van der Waals surface area contributed by atoms with Gasteiger partial charge in [-0.15, -0.1) is 0 Å². The predicted octanol–water partition coefficient (Wildman–Crippen LogP) is 3.00. The second-order valence-electron chi connectivity index (χ2n) is 7.15. The van der Waals surface area contributed by atoms with Gasteiger partial charge in [0, 0.05) is 31.6 Å². The van der Waals surface area contributed by atoms with Gasteiger partial charge in [0.2, 0.25) is 11.8 Å². The second-order valence-corrected chi connectivity index (χ2v) is 7.15. The summed E-state index contributed by atoms with van der Waals surface area (Å²) in [4.78, 5) is 28.7. The molecule has 152 valence electrons. The molecule has 0 bridgehead atoms. The summed E-state index contributed by atoms with van der Waals surface area (Å²) in [6.45, 7) is 3.92. The first-order valence-corrected chi connectivity index (χ1v) is 9.79. The predicted molar refractivity (Wildman–Crippen MR) is 105 cm³/mol. The standard InChI is InChI=1S/C22H23FN2O4/c1-2-24(13-15-6-5-9-19-21(15)29-11-10-28-19)22(27)16-12-20(26)25(14-16)18-8-4-3-7-17(18)23/h3-9,16H,2,10-14H2,1H3. The topological polar surface area (TPSA) is 59.1 Å². The number of carbonyl (C=O) groups is 2. The van der Waals surface area contributed by atoms with Gasteiger partial charge >= 0.3 is 0 Å². The Morgan fingerprint density at radius 3 is 2.76 bits per heavy atom. The first kappa shape index (κ1) is 19.2.